The Labute approximate surface area is 107 Å². The molecule has 0 fully saturated rings. The van der Waals surface area contributed by atoms with E-state index >= 15 is 0 Å². The van der Waals surface area contributed by atoms with Crippen LogP contribution in [0.25, 0.3) is 0 Å². The monoisotopic (exact) mass is 240 g/mol. The molecule has 2 rings (SSSR count). The van der Waals surface area contributed by atoms with Crippen LogP contribution in [0.3, 0.4) is 0 Å². The van der Waals surface area contributed by atoms with Crippen molar-refractivity contribution in [1.82, 2.24) is 0 Å². The van der Waals surface area contributed by atoms with Crippen LogP contribution in [0.1, 0.15) is 11.6 Å². The van der Waals surface area contributed by atoms with Crippen LogP contribution in [0, 0.1) is 0 Å². The summed E-state index contributed by atoms with van der Waals surface area (Å²) >= 11 is 0. The van der Waals surface area contributed by atoms with Gasteiger partial charge in [0.15, 0.2) is 0 Å². The van der Waals surface area contributed by atoms with E-state index in [1.165, 1.54) is 0 Å². The van der Waals surface area contributed by atoms with E-state index in [1.54, 1.807) is 11.9 Å². The zero-order chi connectivity index (χ0) is 13.0. The number of para-hydroxylation sites is 1. The zero-order valence-corrected chi connectivity index (χ0v) is 10.3. The number of carbonyl (C=O) groups is 1. The van der Waals surface area contributed by atoms with Crippen molar-refractivity contribution in [3.05, 3.63) is 66.2 Å². The van der Waals surface area contributed by atoms with Gasteiger partial charge in [-0.05, 0) is 17.7 Å². The van der Waals surface area contributed by atoms with Gasteiger partial charge in [-0.1, -0.05) is 48.5 Å². The number of likely N-dealkylation sites (N-methyl/N-ethyl adjacent to an activating group) is 1. The summed E-state index contributed by atoms with van der Waals surface area (Å²) < 4.78 is 0. The predicted octanol–water partition coefficient (Wildman–Crippen LogP) is 2.35. The molecule has 0 radical (unpaired) electrons. The fourth-order valence-electron chi connectivity index (χ4n) is 1.79. The number of rotatable bonds is 3. The highest BCUT2D eigenvalue weighted by atomic mass is 16.2. The third-order valence-corrected chi connectivity index (χ3v) is 2.90. The summed E-state index contributed by atoms with van der Waals surface area (Å²) in [4.78, 5) is 13.8. The van der Waals surface area contributed by atoms with E-state index in [0.29, 0.717) is 0 Å². The minimum Gasteiger partial charge on any atom is -0.316 e. The van der Waals surface area contributed by atoms with Gasteiger partial charge < -0.3 is 10.6 Å². The zero-order valence-electron chi connectivity index (χ0n) is 10.3. The molecule has 0 aliphatic heterocycles. The molecule has 1 amide bonds. The maximum atomic E-state index is 12.2. The Bertz CT molecular complexity index is 463. The first kappa shape index (κ1) is 12.3. The lowest BCUT2D eigenvalue weighted by Crippen LogP contribution is -2.35. The summed E-state index contributed by atoms with van der Waals surface area (Å²) in [6.07, 6.45) is 0. The van der Waals surface area contributed by atoms with Crippen LogP contribution >= 0.6 is 0 Å². The van der Waals surface area contributed by atoms with Crippen LogP contribution in [0.2, 0.25) is 0 Å². The average molecular weight is 240 g/mol. The summed E-state index contributed by atoms with van der Waals surface area (Å²) in [7, 11) is 1.74. The molecular weight excluding hydrogens is 224 g/mol. The fourth-order valence-corrected chi connectivity index (χ4v) is 1.79. The molecule has 0 saturated carbocycles. The second-order valence-electron chi connectivity index (χ2n) is 4.12. The number of anilines is 1. The lowest BCUT2D eigenvalue weighted by atomic mass is 10.1. The van der Waals surface area contributed by atoms with Crippen LogP contribution in [0.4, 0.5) is 5.69 Å². The third-order valence-electron chi connectivity index (χ3n) is 2.90. The quantitative estimate of drug-likeness (QED) is 0.895. The molecule has 0 saturated heterocycles. The highest BCUT2D eigenvalue weighted by Crippen LogP contribution is 2.17. The number of nitrogens with two attached hydrogens (primary N) is 1. The average Bonchev–Trinajstić information content (AvgIpc) is 2.47. The van der Waals surface area contributed by atoms with Gasteiger partial charge in [-0.2, -0.15) is 0 Å². The number of amides is 1. The van der Waals surface area contributed by atoms with E-state index in [4.69, 9.17) is 5.73 Å². The van der Waals surface area contributed by atoms with Crippen LogP contribution in [0.15, 0.2) is 60.7 Å². The second-order valence-corrected chi connectivity index (χ2v) is 4.12. The maximum Gasteiger partial charge on any atom is 0.248 e. The molecular formula is C15H16N2O. The minimum absolute atomic E-state index is 0.118. The van der Waals surface area contributed by atoms with Crippen LogP contribution in [-0.4, -0.2) is 13.0 Å². The summed E-state index contributed by atoms with van der Waals surface area (Å²) in [6, 6.07) is 18.2. The topological polar surface area (TPSA) is 46.3 Å². The largest absolute Gasteiger partial charge is 0.316 e. The van der Waals surface area contributed by atoms with Gasteiger partial charge in [0, 0.05) is 12.7 Å². The molecule has 92 valence electrons. The summed E-state index contributed by atoms with van der Waals surface area (Å²) in [6.45, 7) is 0. The van der Waals surface area contributed by atoms with Gasteiger partial charge in [0.05, 0.1) is 0 Å². The fraction of sp³-hybridized carbons (Fsp3) is 0.133. The van der Waals surface area contributed by atoms with Crippen LogP contribution in [-0.2, 0) is 4.79 Å². The van der Waals surface area contributed by atoms with E-state index in [9.17, 15) is 4.79 Å². The van der Waals surface area contributed by atoms with E-state index in [0.717, 1.165) is 11.3 Å². The molecule has 0 aliphatic rings. The van der Waals surface area contributed by atoms with Crippen molar-refractivity contribution in [2.75, 3.05) is 11.9 Å². The summed E-state index contributed by atoms with van der Waals surface area (Å²) in [5.74, 6) is -0.118. The Morgan fingerprint density at radius 1 is 1.00 bits per heavy atom. The molecule has 0 spiro atoms. The van der Waals surface area contributed by atoms with Gasteiger partial charge in [-0.15, -0.1) is 0 Å². The van der Waals surface area contributed by atoms with Gasteiger partial charge in [0.1, 0.15) is 6.04 Å². The molecule has 3 nitrogen and oxygen atoms in total. The molecule has 1 unspecified atom stereocenters. The lowest BCUT2D eigenvalue weighted by molar-refractivity contribution is -0.119. The van der Waals surface area contributed by atoms with E-state index < -0.39 is 6.04 Å². The third kappa shape index (κ3) is 2.57. The smallest absolute Gasteiger partial charge is 0.248 e. The molecule has 0 heterocycles. The van der Waals surface area contributed by atoms with Crippen molar-refractivity contribution in [3.8, 4) is 0 Å². The Morgan fingerprint density at radius 3 is 2.06 bits per heavy atom. The second kappa shape index (κ2) is 5.47. The van der Waals surface area contributed by atoms with Crippen molar-refractivity contribution >= 4 is 11.6 Å². The number of carbonyl (C=O) groups excluding carboxylic acids is 1. The molecule has 0 aromatic heterocycles. The molecule has 0 bridgehead atoms. The molecule has 2 aromatic carbocycles. The van der Waals surface area contributed by atoms with E-state index in [2.05, 4.69) is 0 Å². The van der Waals surface area contributed by atoms with Gasteiger partial charge in [0.2, 0.25) is 5.91 Å². The Balaban J connectivity index is 2.17. The first-order valence-electron chi connectivity index (χ1n) is 5.83. The van der Waals surface area contributed by atoms with Crippen molar-refractivity contribution in [2.45, 2.75) is 6.04 Å². The first-order chi connectivity index (χ1) is 8.70. The first-order valence-corrected chi connectivity index (χ1v) is 5.83. The van der Waals surface area contributed by atoms with Gasteiger partial charge in [-0.25, -0.2) is 0 Å². The number of hydrogen-bond acceptors (Lipinski definition) is 2. The van der Waals surface area contributed by atoms with Crippen molar-refractivity contribution in [2.24, 2.45) is 5.73 Å². The number of nitrogens with zero attached hydrogens (tertiary/aromatic N) is 1. The van der Waals surface area contributed by atoms with Gasteiger partial charge in [0.25, 0.3) is 0 Å². The standard InChI is InChI=1S/C15H16N2O/c1-17(13-10-6-3-7-11-13)15(18)14(16)12-8-4-2-5-9-12/h2-11,14H,16H2,1H3. The van der Waals surface area contributed by atoms with Crippen LogP contribution < -0.4 is 10.6 Å². The Hall–Kier alpha value is -2.13. The number of hydrogen-bond donors (Lipinski definition) is 1. The Kier molecular flexibility index (Phi) is 3.75. The van der Waals surface area contributed by atoms with Gasteiger partial charge >= 0.3 is 0 Å². The van der Waals surface area contributed by atoms with Crippen molar-refractivity contribution in [1.29, 1.82) is 0 Å². The number of benzene rings is 2. The molecule has 1 atom stereocenters. The SMILES string of the molecule is CN(C(=O)C(N)c1ccccc1)c1ccccc1. The highest BCUT2D eigenvalue weighted by molar-refractivity contribution is 5.97. The van der Waals surface area contributed by atoms with E-state index in [1.807, 2.05) is 60.7 Å². The minimum atomic E-state index is -0.628. The van der Waals surface area contributed by atoms with Crippen molar-refractivity contribution < 1.29 is 4.79 Å². The predicted molar refractivity (Wildman–Crippen MR) is 73.2 cm³/mol. The highest BCUT2D eigenvalue weighted by Gasteiger charge is 2.20. The van der Waals surface area contributed by atoms with Gasteiger partial charge in [-0.3, -0.25) is 4.79 Å². The molecule has 2 N–H and O–H groups in total. The molecule has 18 heavy (non-hydrogen) atoms. The van der Waals surface area contributed by atoms with E-state index in [-0.39, 0.29) is 5.91 Å². The lowest BCUT2D eigenvalue weighted by Gasteiger charge is -2.21. The van der Waals surface area contributed by atoms with Crippen LogP contribution in [0.5, 0.6) is 0 Å². The summed E-state index contributed by atoms with van der Waals surface area (Å²) in [5.41, 5.74) is 7.65. The Morgan fingerprint density at radius 2 is 1.50 bits per heavy atom. The molecule has 0 aliphatic carbocycles. The normalized spacial score (nSPS) is 11.9. The summed E-state index contributed by atoms with van der Waals surface area (Å²) in [5, 5.41) is 0. The molecule has 2 aromatic rings. The van der Waals surface area contributed by atoms with Crippen molar-refractivity contribution in [3.63, 3.8) is 0 Å². The maximum absolute atomic E-state index is 12.2. The molecule has 3 heteroatoms.